The molecule has 12 heteroatoms. The zero-order valence-electron chi connectivity index (χ0n) is 27.7. The van der Waals surface area contributed by atoms with Gasteiger partial charge >= 0.3 is 11.9 Å². The number of allylic oxidation sites excluding steroid dienone is 1. The second-order valence-electron chi connectivity index (χ2n) is 14.6. The molecule has 4 aliphatic rings. The lowest BCUT2D eigenvalue weighted by Crippen LogP contribution is -2.56. The van der Waals surface area contributed by atoms with Gasteiger partial charge in [0.15, 0.2) is 5.01 Å². The molecule has 6 atom stereocenters. The number of carboxylic acids is 1. The fourth-order valence-electron chi connectivity index (χ4n) is 7.50. The van der Waals surface area contributed by atoms with Crippen LogP contribution in [0.2, 0.25) is 0 Å². The number of hydrogen-bond acceptors (Lipinski definition) is 8. The lowest BCUT2D eigenvalue weighted by atomic mass is 9.92. The van der Waals surface area contributed by atoms with E-state index in [1.165, 1.54) is 11.3 Å². The van der Waals surface area contributed by atoms with E-state index in [1.54, 1.807) is 30.6 Å². The summed E-state index contributed by atoms with van der Waals surface area (Å²) in [5.74, 6) is -4.25. The van der Waals surface area contributed by atoms with Crippen molar-refractivity contribution in [1.29, 1.82) is 0 Å². The monoisotopic (exact) mass is 676 g/mol. The number of rotatable bonds is 5. The first kappa shape index (κ1) is 33.8. The maximum absolute atomic E-state index is 14.3. The molecule has 48 heavy (non-hydrogen) atoms. The van der Waals surface area contributed by atoms with Crippen LogP contribution in [0.1, 0.15) is 75.5 Å². The van der Waals surface area contributed by atoms with Crippen molar-refractivity contribution in [2.24, 2.45) is 23.7 Å². The average molecular weight is 677 g/mol. The van der Waals surface area contributed by atoms with Crippen molar-refractivity contribution in [3.8, 4) is 11.3 Å². The molecule has 3 aliphatic heterocycles. The van der Waals surface area contributed by atoms with E-state index < -0.39 is 46.9 Å². The van der Waals surface area contributed by atoms with Crippen LogP contribution in [0, 0.1) is 23.7 Å². The van der Waals surface area contributed by atoms with Gasteiger partial charge in [-0.15, -0.1) is 11.3 Å². The highest BCUT2D eigenvalue weighted by Crippen LogP contribution is 2.46. The normalized spacial score (nSPS) is 29.9. The van der Waals surface area contributed by atoms with Crippen LogP contribution in [0.15, 0.2) is 47.9 Å². The predicted molar refractivity (Wildman–Crippen MR) is 179 cm³/mol. The van der Waals surface area contributed by atoms with Crippen molar-refractivity contribution < 1.29 is 33.8 Å². The Morgan fingerprint density at radius 3 is 2.58 bits per heavy atom. The molecule has 1 aliphatic carbocycles. The van der Waals surface area contributed by atoms with Gasteiger partial charge in [0.1, 0.15) is 17.2 Å². The number of likely N-dealkylation sites (tertiary alicyclic amines) is 1. The topological polar surface area (TPSA) is 146 Å². The van der Waals surface area contributed by atoms with Crippen LogP contribution in [0.3, 0.4) is 0 Å². The van der Waals surface area contributed by atoms with Crippen molar-refractivity contribution in [2.45, 2.75) is 82.9 Å². The van der Waals surface area contributed by atoms with Crippen LogP contribution in [0.4, 0.5) is 0 Å². The minimum atomic E-state index is -1.43. The number of amides is 3. The van der Waals surface area contributed by atoms with Crippen LogP contribution in [0.25, 0.3) is 11.3 Å². The maximum Gasteiger partial charge on any atom is 0.330 e. The van der Waals surface area contributed by atoms with Crippen molar-refractivity contribution >= 4 is 41.0 Å². The summed E-state index contributed by atoms with van der Waals surface area (Å²) in [7, 11) is 0. The summed E-state index contributed by atoms with van der Waals surface area (Å²) in [6, 6.07) is 8.63. The lowest BCUT2D eigenvalue weighted by molar-refractivity contribution is -0.159. The Balaban J connectivity index is 1.26. The standard InChI is InChI=1S/C36H44N4O7S/c1-35(2,3)47-28(41)16-23-14-8-5-4-6-11-15-25-17-36(25,34(45)46)38-30(42)29-26-20-39(18-24(26)19-40(29)32(23)43)33(44)31-37-27(21-48-31)22-12-9-7-10-13-22/h7,9-13,15,21,23-26,29H,4-6,8,14,16-20H2,1-3H3,(H,38,42)(H,45,46)/b15-11-/t23-,24-,25+,26-,29-,36+/m0/s1. The molecule has 1 aromatic carbocycles. The number of aliphatic carboxylic acids is 1. The van der Waals surface area contributed by atoms with Crippen molar-refractivity contribution in [1.82, 2.24) is 20.1 Å². The highest BCUT2D eigenvalue weighted by atomic mass is 32.1. The third-order valence-electron chi connectivity index (χ3n) is 9.98. The number of nitrogens with zero attached hydrogens (tertiary/aromatic N) is 3. The highest BCUT2D eigenvalue weighted by Gasteiger charge is 2.62. The number of ether oxygens (including phenoxy) is 1. The number of hydrogen-bond donors (Lipinski definition) is 2. The summed E-state index contributed by atoms with van der Waals surface area (Å²) in [5.41, 5.74) is -0.516. The molecule has 3 amide bonds. The van der Waals surface area contributed by atoms with Crippen molar-refractivity contribution in [3.63, 3.8) is 0 Å². The molecule has 0 spiro atoms. The van der Waals surface area contributed by atoms with Crippen LogP contribution < -0.4 is 5.32 Å². The Kier molecular flexibility index (Phi) is 9.48. The summed E-state index contributed by atoms with van der Waals surface area (Å²) in [6.45, 7) is 6.14. The number of carbonyl (C=O) groups excluding carboxylic acids is 4. The Hall–Kier alpha value is -4.06. The van der Waals surface area contributed by atoms with E-state index in [0.29, 0.717) is 23.7 Å². The molecule has 256 valence electrons. The molecule has 0 radical (unpaired) electrons. The predicted octanol–water partition coefficient (Wildman–Crippen LogP) is 4.54. The first-order valence-corrected chi connectivity index (χ1v) is 17.8. The van der Waals surface area contributed by atoms with Gasteiger partial charge in [0.2, 0.25) is 11.8 Å². The average Bonchev–Trinajstić information content (AvgIpc) is 3.37. The molecule has 3 fully saturated rings. The van der Waals surface area contributed by atoms with E-state index in [-0.39, 0.29) is 49.6 Å². The smallest absolute Gasteiger partial charge is 0.330 e. The van der Waals surface area contributed by atoms with Gasteiger partial charge in [0.05, 0.1) is 12.1 Å². The minimum absolute atomic E-state index is 0.101. The summed E-state index contributed by atoms with van der Waals surface area (Å²) in [6.07, 6.45) is 7.72. The van der Waals surface area contributed by atoms with Crippen LogP contribution in [-0.4, -0.2) is 86.4 Å². The first-order valence-electron chi connectivity index (χ1n) is 16.9. The maximum atomic E-state index is 14.3. The molecule has 2 saturated heterocycles. The Morgan fingerprint density at radius 1 is 1.08 bits per heavy atom. The summed E-state index contributed by atoms with van der Waals surface area (Å²) in [4.78, 5) is 75.5. The van der Waals surface area contributed by atoms with Gasteiger partial charge in [0.25, 0.3) is 5.91 Å². The lowest BCUT2D eigenvalue weighted by Gasteiger charge is -2.32. The molecule has 4 heterocycles. The second-order valence-corrected chi connectivity index (χ2v) is 15.5. The molecule has 0 bridgehead atoms. The van der Waals surface area contributed by atoms with Crippen LogP contribution in [-0.2, 0) is 23.9 Å². The fourth-order valence-corrected chi connectivity index (χ4v) is 8.29. The Labute approximate surface area is 284 Å². The Morgan fingerprint density at radius 2 is 1.85 bits per heavy atom. The van der Waals surface area contributed by atoms with Gasteiger partial charge in [-0.05, 0) is 46.5 Å². The third kappa shape index (κ3) is 7.04. The Bertz CT molecular complexity index is 1600. The van der Waals surface area contributed by atoms with Gasteiger partial charge in [0, 0.05) is 54.2 Å². The van der Waals surface area contributed by atoms with E-state index in [0.717, 1.165) is 31.2 Å². The molecule has 2 aromatic rings. The number of thiazole rings is 1. The van der Waals surface area contributed by atoms with Gasteiger partial charge in [-0.2, -0.15) is 0 Å². The molecular formula is C36H44N4O7S. The molecular weight excluding hydrogens is 632 g/mol. The number of aromatic nitrogens is 1. The fraction of sp³-hybridized carbons (Fsp3) is 0.556. The van der Waals surface area contributed by atoms with Gasteiger partial charge in [-0.3, -0.25) is 19.2 Å². The van der Waals surface area contributed by atoms with Crippen molar-refractivity contribution in [3.05, 3.63) is 52.9 Å². The first-order chi connectivity index (χ1) is 22.9. The number of esters is 1. The molecule has 11 nitrogen and oxygen atoms in total. The number of carbonyl (C=O) groups is 5. The van der Waals surface area contributed by atoms with Gasteiger partial charge in [-0.1, -0.05) is 55.3 Å². The molecule has 1 aromatic heterocycles. The third-order valence-corrected chi connectivity index (χ3v) is 10.8. The SMILES string of the molecule is CC(C)(C)OC(=O)C[C@@H]1CCCCC/C=C\[C@@H]2C[C@@]2(C(=O)O)NC(=O)[C@@H]2[C@H]3CN(C(=O)c4nc(-c5ccccc5)cs4)C[C@H]3CN2C1=O. The minimum Gasteiger partial charge on any atom is -0.479 e. The zero-order chi connectivity index (χ0) is 34.2. The molecule has 1 saturated carbocycles. The van der Waals surface area contributed by atoms with Crippen LogP contribution >= 0.6 is 11.3 Å². The second kappa shape index (κ2) is 13.4. The van der Waals surface area contributed by atoms with E-state index >= 15 is 0 Å². The largest absolute Gasteiger partial charge is 0.479 e. The van der Waals surface area contributed by atoms with Crippen molar-refractivity contribution in [2.75, 3.05) is 19.6 Å². The molecule has 2 N–H and O–H groups in total. The van der Waals surface area contributed by atoms with E-state index in [4.69, 9.17) is 4.74 Å². The summed E-state index contributed by atoms with van der Waals surface area (Å²) in [5, 5.41) is 15.2. The van der Waals surface area contributed by atoms with E-state index in [9.17, 15) is 29.1 Å². The molecule has 6 rings (SSSR count). The molecule has 0 unspecified atom stereocenters. The van der Waals surface area contributed by atoms with Crippen LogP contribution in [0.5, 0.6) is 0 Å². The quantitative estimate of drug-likeness (QED) is 0.347. The number of fused-ring (bicyclic) bond motifs is 4. The number of nitrogens with one attached hydrogen (secondary N) is 1. The van der Waals surface area contributed by atoms with E-state index in [1.807, 2.05) is 47.9 Å². The van der Waals surface area contributed by atoms with Gasteiger partial charge in [-0.25, -0.2) is 9.78 Å². The van der Waals surface area contributed by atoms with E-state index in [2.05, 4.69) is 10.3 Å². The highest BCUT2D eigenvalue weighted by molar-refractivity contribution is 7.12. The number of benzene rings is 1. The summed E-state index contributed by atoms with van der Waals surface area (Å²) < 4.78 is 5.58. The zero-order valence-corrected chi connectivity index (χ0v) is 28.5. The van der Waals surface area contributed by atoms with Gasteiger partial charge < -0.3 is 25.0 Å². The number of carboxylic acid groups (broad SMARTS) is 1. The summed E-state index contributed by atoms with van der Waals surface area (Å²) >= 11 is 1.27.